The van der Waals surface area contributed by atoms with Crippen molar-refractivity contribution in [3.63, 3.8) is 0 Å². The van der Waals surface area contributed by atoms with Crippen LogP contribution in [0.3, 0.4) is 0 Å². The molecule has 1 nitrogen and oxygen atoms in total. The molecule has 0 saturated carbocycles. The van der Waals surface area contributed by atoms with E-state index in [1.54, 1.807) is 12.1 Å². The summed E-state index contributed by atoms with van der Waals surface area (Å²) < 4.78 is 13.0. The number of halogens is 1. The van der Waals surface area contributed by atoms with Gasteiger partial charge in [-0.1, -0.05) is 19.9 Å². The molecule has 1 rings (SSSR count). The molecule has 1 unspecified atom stereocenters. The van der Waals surface area contributed by atoms with Crippen molar-refractivity contribution in [2.75, 3.05) is 7.05 Å². The van der Waals surface area contributed by atoms with Crippen molar-refractivity contribution in [1.82, 2.24) is 5.32 Å². The van der Waals surface area contributed by atoms with E-state index < -0.39 is 0 Å². The summed E-state index contributed by atoms with van der Waals surface area (Å²) in [6, 6.07) is 5.56. The van der Waals surface area contributed by atoms with Crippen LogP contribution in [0, 0.1) is 18.7 Å². The summed E-state index contributed by atoms with van der Waals surface area (Å²) in [5, 5.41) is 3.35. The van der Waals surface area contributed by atoms with Crippen LogP contribution < -0.4 is 5.32 Å². The zero-order valence-electron chi connectivity index (χ0n) is 11.4. The lowest BCUT2D eigenvalue weighted by molar-refractivity contribution is 0.450. The smallest absolute Gasteiger partial charge is 0.123 e. The Balaban J connectivity index is 2.60. The zero-order valence-corrected chi connectivity index (χ0v) is 11.4. The number of likely N-dealkylation sites (N-methyl/N-ethyl adjacent to an activating group) is 1. The van der Waals surface area contributed by atoms with Crippen molar-refractivity contribution in [2.45, 2.75) is 46.1 Å². The van der Waals surface area contributed by atoms with Crippen LogP contribution in [0.2, 0.25) is 0 Å². The van der Waals surface area contributed by atoms with E-state index in [9.17, 15) is 4.39 Å². The van der Waals surface area contributed by atoms with Crippen molar-refractivity contribution < 1.29 is 4.39 Å². The molecule has 1 atom stereocenters. The maximum absolute atomic E-state index is 13.0. The summed E-state index contributed by atoms with van der Waals surface area (Å²) in [4.78, 5) is 0. The van der Waals surface area contributed by atoms with Crippen LogP contribution in [0.1, 0.15) is 37.8 Å². The lowest BCUT2D eigenvalue weighted by Gasteiger charge is -2.18. The molecule has 0 aliphatic carbocycles. The first-order chi connectivity index (χ1) is 8.02. The van der Waals surface area contributed by atoms with Gasteiger partial charge in [-0.15, -0.1) is 0 Å². The fourth-order valence-corrected chi connectivity index (χ4v) is 2.04. The van der Waals surface area contributed by atoms with Crippen LogP contribution in [-0.2, 0) is 6.42 Å². The van der Waals surface area contributed by atoms with Gasteiger partial charge < -0.3 is 5.32 Å². The molecule has 0 aliphatic heterocycles. The first-order valence-electron chi connectivity index (χ1n) is 6.45. The average Bonchev–Trinajstić information content (AvgIpc) is 2.26. The molecule has 0 spiro atoms. The summed E-state index contributed by atoms with van der Waals surface area (Å²) in [7, 11) is 2.00. The van der Waals surface area contributed by atoms with Crippen molar-refractivity contribution in [1.29, 1.82) is 0 Å². The Morgan fingerprint density at radius 2 is 1.94 bits per heavy atom. The number of hydrogen-bond donors (Lipinski definition) is 1. The molecule has 0 aliphatic rings. The first-order valence-corrected chi connectivity index (χ1v) is 6.45. The highest BCUT2D eigenvalue weighted by molar-refractivity contribution is 5.27. The summed E-state index contributed by atoms with van der Waals surface area (Å²) in [6.45, 7) is 6.47. The summed E-state index contributed by atoms with van der Waals surface area (Å²) >= 11 is 0. The van der Waals surface area contributed by atoms with Gasteiger partial charge in [0.25, 0.3) is 0 Å². The fourth-order valence-electron chi connectivity index (χ4n) is 2.04. The fraction of sp³-hybridized carbons (Fsp3) is 0.600. The van der Waals surface area contributed by atoms with E-state index in [0.29, 0.717) is 6.04 Å². The van der Waals surface area contributed by atoms with E-state index in [1.807, 2.05) is 20.0 Å². The molecule has 0 saturated heterocycles. The quantitative estimate of drug-likeness (QED) is 0.795. The van der Waals surface area contributed by atoms with E-state index in [1.165, 1.54) is 18.4 Å². The topological polar surface area (TPSA) is 12.0 Å². The van der Waals surface area contributed by atoms with Gasteiger partial charge in [-0.05, 0) is 62.4 Å². The predicted octanol–water partition coefficient (Wildman–Crippen LogP) is 3.70. The van der Waals surface area contributed by atoms with Crippen molar-refractivity contribution >= 4 is 0 Å². The first kappa shape index (κ1) is 14.2. The average molecular weight is 237 g/mol. The van der Waals surface area contributed by atoms with Crippen LogP contribution in [0.5, 0.6) is 0 Å². The van der Waals surface area contributed by atoms with E-state index in [4.69, 9.17) is 0 Å². The molecule has 1 aromatic carbocycles. The van der Waals surface area contributed by atoms with Gasteiger partial charge in [0.2, 0.25) is 0 Å². The summed E-state index contributed by atoms with van der Waals surface area (Å²) in [5.41, 5.74) is 2.30. The monoisotopic (exact) mass is 237 g/mol. The molecule has 0 fully saturated rings. The molecule has 0 bridgehead atoms. The van der Waals surface area contributed by atoms with Crippen LogP contribution in [-0.4, -0.2) is 13.1 Å². The Bertz CT molecular complexity index is 347. The van der Waals surface area contributed by atoms with Gasteiger partial charge in [0.1, 0.15) is 5.82 Å². The molecule has 0 amide bonds. The Morgan fingerprint density at radius 1 is 1.24 bits per heavy atom. The van der Waals surface area contributed by atoms with Crippen LogP contribution in [0.15, 0.2) is 18.2 Å². The molecule has 1 aromatic rings. The highest BCUT2D eigenvalue weighted by atomic mass is 19.1. The Morgan fingerprint density at radius 3 is 2.47 bits per heavy atom. The zero-order chi connectivity index (χ0) is 12.8. The summed E-state index contributed by atoms with van der Waals surface area (Å²) in [5.74, 6) is 0.592. The largest absolute Gasteiger partial charge is 0.317 e. The molecule has 1 N–H and O–H groups in total. The lowest BCUT2D eigenvalue weighted by atomic mass is 9.96. The van der Waals surface area contributed by atoms with E-state index in [-0.39, 0.29) is 5.82 Å². The summed E-state index contributed by atoms with van der Waals surface area (Å²) in [6.07, 6.45) is 3.38. The van der Waals surface area contributed by atoms with Crippen LogP contribution in [0.25, 0.3) is 0 Å². The van der Waals surface area contributed by atoms with Gasteiger partial charge in [0.15, 0.2) is 0 Å². The third-order valence-corrected chi connectivity index (χ3v) is 3.27. The predicted molar refractivity (Wildman–Crippen MR) is 71.8 cm³/mol. The normalized spacial score (nSPS) is 13.1. The van der Waals surface area contributed by atoms with Gasteiger partial charge in [-0.25, -0.2) is 4.39 Å². The SMILES string of the molecule is CNC(CCC(C)C)Cc1ccc(F)cc1C. The van der Waals surface area contributed by atoms with Gasteiger partial charge >= 0.3 is 0 Å². The van der Waals surface area contributed by atoms with Gasteiger partial charge in [0.05, 0.1) is 0 Å². The minimum atomic E-state index is -0.144. The molecule has 0 heterocycles. The third-order valence-electron chi connectivity index (χ3n) is 3.27. The number of rotatable bonds is 6. The maximum Gasteiger partial charge on any atom is 0.123 e. The van der Waals surface area contributed by atoms with Gasteiger partial charge in [-0.2, -0.15) is 0 Å². The minimum absolute atomic E-state index is 0.144. The Hall–Kier alpha value is -0.890. The number of hydrogen-bond acceptors (Lipinski definition) is 1. The van der Waals surface area contributed by atoms with Crippen molar-refractivity contribution in [2.24, 2.45) is 5.92 Å². The lowest BCUT2D eigenvalue weighted by Crippen LogP contribution is -2.28. The van der Waals surface area contributed by atoms with Crippen LogP contribution >= 0.6 is 0 Å². The van der Waals surface area contributed by atoms with E-state index in [2.05, 4.69) is 19.2 Å². The molecule has 0 radical (unpaired) electrons. The Kier molecular flexibility index (Phi) is 5.63. The second-order valence-electron chi connectivity index (χ2n) is 5.23. The van der Waals surface area contributed by atoms with Crippen LogP contribution in [0.4, 0.5) is 4.39 Å². The second kappa shape index (κ2) is 6.75. The molecule has 2 heteroatoms. The minimum Gasteiger partial charge on any atom is -0.317 e. The second-order valence-corrected chi connectivity index (χ2v) is 5.23. The maximum atomic E-state index is 13.0. The van der Waals surface area contributed by atoms with E-state index >= 15 is 0 Å². The molecular formula is C15H24FN. The van der Waals surface area contributed by atoms with Gasteiger partial charge in [-0.3, -0.25) is 0 Å². The standard InChI is InChI=1S/C15H24FN/c1-11(2)5-8-15(17-4)10-13-6-7-14(16)9-12(13)3/h6-7,9,11,15,17H,5,8,10H2,1-4H3. The number of nitrogens with one attached hydrogen (secondary N) is 1. The highest BCUT2D eigenvalue weighted by Crippen LogP contribution is 2.15. The Labute approximate surface area is 104 Å². The van der Waals surface area contributed by atoms with Gasteiger partial charge in [0, 0.05) is 6.04 Å². The van der Waals surface area contributed by atoms with Crippen molar-refractivity contribution in [3.05, 3.63) is 35.1 Å². The van der Waals surface area contributed by atoms with Crippen molar-refractivity contribution in [3.8, 4) is 0 Å². The number of benzene rings is 1. The molecule has 96 valence electrons. The number of aryl methyl sites for hydroxylation is 1. The highest BCUT2D eigenvalue weighted by Gasteiger charge is 2.10. The molecular weight excluding hydrogens is 213 g/mol. The third kappa shape index (κ3) is 4.86. The molecule has 17 heavy (non-hydrogen) atoms. The molecule has 0 aromatic heterocycles. The van der Waals surface area contributed by atoms with E-state index in [0.717, 1.165) is 17.9 Å².